The first-order chi connectivity index (χ1) is 15.4. The molecule has 0 N–H and O–H groups in total. The van der Waals surface area contributed by atoms with Gasteiger partial charge in [0.05, 0.1) is 11.2 Å². The number of aromatic nitrogens is 2. The summed E-state index contributed by atoms with van der Waals surface area (Å²) in [5.41, 5.74) is 6.67. The number of carbonyl (C=O) groups is 1. The third kappa shape index (κ3) is 3.50. The molecule has 1 saturated carbocycles. The van der Waals surface area contributed by atoms with Gasteiger partial charge < -0.3 is 9.80 Å². The number of fused-ring (bicyclic) bond motifs is 1. The van der Waals surface area contributed by atoms with Crippen molar-refractivity contribution in [3.8, 4) is 11.1 Å². The predicted molar refractivity (Wildman–Crippen MR) is 130 cm³/mol. The fraction of sp³-hybridized carbons (Fsp3) is 0.407. The van der Waals surface area contributed by atoms with Crippen molar-refractivity contribution >= 4 is 22.5 Å². The molecule has 1 aromatic heterocycles. The van der Waals surface area contributed by atoms with Crippen molar-refractivity contribution < 1.29 is 4.79 Å². The van der Waals surface area contributed by atoms with E-state index in [0.29, 0.717) is 5.91 Å². The fourth-order valence-corrected chi connectivity index (χ4v) is 5.14. The van der Waals surface area contributed by atoms with E-state index in [-0.39, 0.29) is 5.41 Å². The molecule has 3 aromatic rings. The van der Waals surface area contributed by atoms with Crippen LogP contribution in [0.15, 0.2) is 49.0 Å². The van der Waals surface area contributed by atoms with Gasteiger partial charge in [-0.25, -0.2) is 0 Å². The molecule has 0 spiro atoms. The average molecular weight is 429 g/mol. The second-order valence-electron chi connectivity index (χ2n) is 9.66. The van der Waals surface area contributed by atoms with Gasteiger partial charge in [0, 0.05) is 49.7 Å². The van der Waals surface area contributed by atoms with Crippen LogP contribution < -0.4 is 0 Å². The van der Waals surface area contributed by atoms with E-state index in [2.05, 4.69) is 77.8 Å². The number of benzene rings is 2. The van der Waals surface area contributed by atoms with Crippen LogP contribution in [0.4, 0.5) is 0 Å². The number of piperazine rings is 1. The molecule has 5 heteroatoms. The molecule has 0 unspecified atom stereocenters. The summed E-state index contributed by atoms with van der Waals surface area (Å²) in [5, 5.41) is 5.72. The third-order valence-corrected chi connectivity index (χ3v) is 7.51. The average Bonchev–Trinajstić information content (AvgIpc) is 3.09. The Balaban J connectivity index is 1.26. The second kappa shape index (κ2) is 7.80. The van der Waals surface area contributed by atoms with Crippen molar-refractivity contribution in [2.24, 2.45) is 12.5 Å². The summed E-state index contributed by atoms with van der Waals surface area (Å²) in [6, 6.07) is 15.2. The Morgan fingerprint density at radius 2 is 1.59 bits per heavy atom. The zero-order valence-electron chi connectivity index (χ0n) is 19.4. The van der Waals surface area contributed by atoms with Crippen molar-refractivity contribution in [1.82, 2.24) is 19.6 Å². The number of amides is 1. The molecule has 2 heterocycles. The summed E-state index contributed by atoms with van der Waals surface area (Å²) < 4.78 is 1.93. The van der Waals surface area contributed by atoms with Gasteiger partial charge in [-0.3, -0.25) is 9.48 Å². The van der Waals surface area contributed by atoms with Gasteiger partial charge in [-0.05, 0) is 48.6 Å². The van der Waals surface area contributed by atoms with Crippen molar-refractivity contribution in [1.29, 1.82) is 0 Å². The Bertz CT molecular complexity index is 1180. The van der Waals surface area contributed by atoms with Gasteiger partial charge in [0.25, 0.3) is 0 Å². The molecule has 5 nitrogen and oxygen atoms in total. The van der Waals surface area contributed by atoms with Gasteiger partial charge >= 0.3 is 0 Å². The van der Waals surface area contributed by atoms with Gasteiger partial charge in [0.1, 0.15) is 0 Å². The van der Waals surface area contributed by atoms with Gasteiger partial charge in [-0.1, -0.05) is 50.3 Å². The summed E-state index contributed by atoms with van der Waals surface area (Å²) in [5.74, 6) is 0.346. The lowest BCUT2D eigenvalue weighted by molar-refractivity contribution is -0.147. The fourth-order valence-electron chi connectivity index (χ4n) is 5.14. The summed E-state index contributed by atoms with van der Waals surface area (Å²) >= 11 is 0. The van der Waals surface area contributed by atoms with Crippen LogP contribution in [0, 0.1) is 12.3 Å². The van der Waals surface area contributed by atoms with E-state index in [1.54, 1.807) is 0 Å². The van der Waals surface area contributed by atoms with Gasteiger partial charge in [0.2, 0.25) is 5.91 Å². The maximum atomic E-state index is 12.8. The number of hydrogen-bond donors (Lipinski definition) is 0. The highest BCUT2D eigenvalue weighted by molar-refractivity contribution is 5.87. The van der Waals surface area contributed by atoms with Crippen LogP contribution in [0.5, 0.6) is 0 Å². The molecular weight excluding hydrogens is 396 g/mol. The first kappa shape index (κ1) is 20.8. The highest BCUT2D eigenvalue weighted by Gasteiger charge is 2.42. The Labute approximate surface area is 190 Å². The van der Waals surface area contributed by atoms with Crippen LogP contribution in [0.1, 0.15) is 37.4 Å². The maximum absolute atomic E-state index is 12.8. The Morgan fingerprint density at radius 3 is 2.22 bits per heavy atom. The van der Waals surface area contributed by atoms with Gasteiger partial charge in [0.15, 0.2) is 0 Å². The van der Waals surface area contributed by atoms with Crippen molar-refractivity contribution in [3.63, 3.8) is 0 Å². The van der Waals surface area contributed by atoms with E-state index in [1.165, 1.54) is 22.9 Å². The molecule has 1 aliphatic heterocycles. The highest BCUT2D eigenvalue weighted by atomic mass is 16.2. The lowest BCUT2D eigenvalue weighted by atomic mass is 9.69. The minimum atomic E-state index is -0.105. The maximum Gasteiger partial charge on any atom is 0.228 e. The second-order valence-corrected chi connectivity index (χ2v) is 9.66. The molecule has 1 saturated heterocycles. The smallest absolute Gasteiger partial charge is 0.228 e. The molecule has 1 aliphatic carbocycles. The number of carbonyl (C=O) groups excluding carboxylic acids is 1. The topological polar surface area (TPSA) is 41.4 Å². The standard InChI is InChI=1S/C27H32N4O/c1-19-24-18-23(10-11-25(24)29(4)28-19)22-8-6-21(7-9-22)20(2)30-14-16-31(17-15-30)26(32)27(3)12-5-13-27/h6-11,18H,2,5,12-17H2,1,3-4H3. The molecule has 32 heavy (non-hydrogen) atoms. The Morgan fingerprint density at radius 1 is 0.969 bits per heavy atom. The summed E-state index contributed by atoms with van der Waals surface area (Å²) in [4.78, 5) is 17.2. The predicted octanol–water partition coefficient (Wildman–Crippen LogP) is 4.85. The largest absolute Gasteiger partial charge is 0.368 e. The van der Waals surface area contributed by atoms with Gasteiger partial charge in [-0.2, -0.15) is 5.10 Å². The van der Waals surface area contributed by atoms with Crippen LogP contribution in [0.25, 0.3) is 27.7 Å². The molecule has 0 radical (unpaired) electrons. The minimum Gasteiger partial charge on any atom is -0.368 e. The van der Waals surface area contributed by atoms with Crippen LogP contribution in [0.3, 0.4) is 0 Å². The minimum absolute atomic E-state index is 0.105. The molecule has 0 bridgehead atoms. The summed E-state index contributed by atoms with van der Waals surface area (Å²) in [6.07, 6.45) is 3.27. The van der Waals surface area contributed by atoms with Gasteiger partial charge in [-0.15, -0.1) is 0 Å². The van der Waals surface area contributed by atoms with E-state index in [1.807, 2.05) is 11.7 Å². The van der Waals surface area contributed by atoms with Crippen LogP contribution in [0.2, 0.25) is 0 Å². The number of aryl methyl sites for hydroxylation is 2. The first-order valence-corrected chi connectivity index (χ1v) is 11.6. The van der Waals surface area contributed by atoms with Crippen LogP contribution in [-0.2, 0) is 11.8 Å². The van der Waals surface area contributed by atoms with Crippen LogP contribution >= 0.6 is 0 Å². The van der Waals surface area contributed by atoms with Crippen molar-refractivity contribution in [2.45, 2.75) is 33.1 Å². The SMILES string of the molecule is C=C(c1ccc(-c2ccc3c(c2)c(C)nn3C)cc1)N1CCN(C(=O)C2(C)CCC2)CC1. The molecule has 2 aromatic carbocycles. The molecule has 1 amide bonds. The number of rotatable bonds is 4. The molecular formula is C27H32N4O. The van der Waals surface area contributed by atoms with E-state index in [9.17, 15) is 4.79 Å². The molecule has 2 aliphatic rings. The zero-order valence-corrected chi connectivity index (χ0v) is 19.4. The number of hydrogen-bond acceptors (Lipinski definition) is 3. The quantitative estimate of drug-likeness (QED) is 0.596. The highest BCUT2D eigenvalue weighted by Crippen LogP contribution is 2.42. The van der Waals surface area contributed by atoms with E-state index >= 15 is 0 Å². The summed E-state index contributed by atoms with van der Waals surface area (Å²) in [7, 11) is 1.98. The summed E-state index contributed by atoms with van der Waals surface area (Å²) in [6.45, 7) is 11.8. The zero-order chi connectivity index (χ0) is 22.5. The molecule has 166 valence electrons. The molecule has 0 atom stereocenters. The third-order valence-electron chi connectivity index (χ3n) is 7.51. The lowest BCUT2D eigenvalue weighted by Crippen LogP contribution is -2.53. The van der Waals surface area contributed by atoms with Crippen molar-refractivity contribution in [3.05, 3.63) is 60.3 Å². The first-order valence-electron chi connectivity index (χ1n) is 11.6. The Kier molecular flexibility index (Phi) is 5.07. The molecule has 2 fully saturated rings. The normalized spacial score (nSPS) is 18.0. The van der Waals surface area contributed by atoms with Crippen LogP contribution in [-0.4, -0.2) is 51.7 Å². The van der Waals surface area contributed by atoms with Crippen molar-refractivity contribution in [2.75, 3.05) is 26.2 Å². The van der Waals surface area contributed by atoms with E-state index in [4.69, 9.17) is 0 Å². The molecule has 5 rings (SSSR count). The van der Waals surface area contributed by atoms with E-state index < -0.39 is 0 Å². The number of nitrogens with zero attached hydrogens (tertiary/aromatic N) is 4. The Hall–Kier alpha value is -3.08. The monoisotopic (exact) mass is 428 g/mol. The van der Waals surface area contributed by atoms with E-state index in [0.717, 1.165) is 61.5 Å². The lowest BCUT2D eigenvalue weighted by Gasteiger charge is -2.44.